The van der Waals surface area contributed by atoms with Crippen LogP contribution in [0.1, 0.15) is 52.0 Å². The summed E-state index contributed by atoms with van der Waals surface area (Å²) in [5.74, 6) is 0.106. The maximum Gasteiger partial charge on any atom is 0.253 e. The Kier molecular flexibility index (Phi) is 6.51. The molecule has 2 saturated heterocycles. The highest BCUT2D eigenvalue weighted by Gasteiger charge is 2.27. The highest BCUT2D eigenvalue weighted by atomic mass is 16.3. The fourth-order valence-electron chi connectivity index (χ4n) is 4.65. The molecule has 30 heavy (non-hydrogen) atoms. The van der Waals surface area contributed by atoms with Crippen LogP contribution in [0, 0.1) is 13.8 Å². The summed E-state index contributed by atoms with van der Waals surface area (Å²) in [6, 6.07) is 6.73. The maximum atomic E-state index is 13.1. The van der Waals surface area contributed by atoms with Gasteiger partial charge in [0.25, 0.3) is 5.91 Å². The topological polar surface area (TPSA) is 73.6 Å². The van der Waals surface area contributed by atoms with Gasteiger partial charge in [0.15, 0.2) is 0 Å². The molecule has 0 spiro atoms. The van der Waals surface area contributed by atoms with Gasteiger partial charge < -0.3 is 15.3 Å². The number of piperidine rings is 1. The number of carbonyl (C=O) groups excluding carboxylic acids is 1. The van der Waals surface area contributed by atoms with Gasteiger partial charge in [0.2, 0.25) is 0 Å². The molecule has 0 radical (unpaired) electrons. The Balaban J connectivity index is 1.47. The summed E-state index contributed by atoms with van der Waals surface area (Å²) in [6.45, 7) is 9.06. The summed E-state index contributed by atoms with van der Waals surface area (Å²) in [5, 5.41) is 17.3. The molecule has 2 aliphatic rings. The van der Waals surface area contributed by atoms with E-state index in [0.717, 1.165) is 38.0 Å². The third-order valence-electron chi connectivity index (χ3n) is 6.46. The molecule has 2 N–H and O–H groups in total. The predicted molar refractivity (Wildman–Crippen MR) is 117 cm³/mol. The molecule has 7 nitrogen and oxygen atoms in total. The number of aryl methyl sites for hydroxylation is 2. The first kappa shape index (κ1) is 21.0. The van der Waals surface area contributed by atoms with E-state index in [9.17, 15) is 4.79 Å². The molecule has 2 atom stereocenters. The fourth-order valence-corrected chi connectivity index (χ4v) is 4.65. The van der Waals surface area contributed by atoms with Crippen molar-refractivity contribution < 1.29 is 9.90 Å². The first-order valence-electron chi connectivity index (χ1n) is 11.0. The molecule has 162 valence electrons. The minimum absolute atomic E-state index is 0.106. The SMILES string of the molecule is Cc1cnn(C2CCNC(c3cc(C(=O)N4CCN(CCO)CC4)ccc3C)C2)c1. The van der Waals surface area contributed by atoms with E-state index < -0.39 is 0 Å². The van der Waals surface area contributed by atoms with Gasteiger partial charge in [-0.1, -0.05) is 6.07 Å². The van der Waals surface area contributed by atoms with Crippen LogP contribution < -0.4 is 5.32 Å². The monoisotopic (exact) mass is 411 g/mol. The van der Waals surface area contributed by atoms with Crippen molar-refractivity contribution in [1.82, 2.24) is 24.9 Å². The summed E-state index contributed by atoms with van der Waals surface area (Å²) in [6.07, 6.45) is 6.07. The molecule has 1 aromatic carbocycles. The number of nitrogens with zero attached hydrogens (tertiary/aromatic N) is 4. The number of β-amino-alcohol motifs (C(OH)–C–C–N with tert-alkyl or cyclic N) is 1. The molecular weight excluding hydrogens is 378 g/mol. The van der Waals surface area contributed by atoms with Gasteiger partial charge >= 0.3 is 0 Å². The average Bonchev–Trinajstić information content (AvgIpc) is 3.21. The molecule has 3 heterocycles. The number of hydrogen-bond donors (Lipinski definition) is 2. The highest BCUT2D eigenvalue weighted by molar-refractivity contribution is 5.94. The summed E-state index contributed by atoms with van der Waals surface area (Å²) in [4.78, 5) is 17.3. The Hall–Kier alpha value is -2.22. The number of piperazine rings is 1. The minimum Gasteiger partial charge on any atom is -0.395 e. The predicted octanol–water partition coefficient (Wildman–Crippen LogP) is 1.92. The molecule has 1 amide bonds. The van der Waals surface area contributed by atoms with E-state index in [1.165, 1.54) is 16.7 Å². The van der Waals surface area contributed by atoms with Crippen LogP contribution >= 0.6 is 0 Å². The van der Waals surface area contributed by atoms with E-state index in [4.69, 9.17) is 5.11 Å². The minimum atomic E-state index is 0.106. The molecule has 0 saturated carbocycles. The van der Waals surface area contributed by atoms with E-state index in [0.29, 0.717) is 25.7 Å². The van der Waals surface area contributed by atoms with Crippen molar-refractivity contribution in [3.8, 4) is 0 Å². The highest BCUT2D eigenvalue weighted by Crippen LogP contribution is 2.32. The molecule has 4 rings (SSSR count). The second-order valence-corrected chi connectivity index (χ2v) is 8.61. The van der Waals surface area contributed by atoms with E-state index >= 15 is 0 Å². The molecule has 7 heteroatoms. The Bertz CT molecular complexity index is 872. The number of rotatable bonds is 5. The summed E-state index contributed by atoms with van der Waals surface area (Å²) in [7, 11) is 0. The summed E-state index contributed by atoms with van der Waals surface area (Å²) in [5.41, 5.74) is 4.39. The molecule has 2 fully saturated rings. The number of aliphatic hydroxyl groups is 1. The van der Waals surface area contributed by atoms with Crippen molar-refractivity contribution in [2.24, 2.45) is 0 Å². The van der Waals surface area contributed by atoms with Crippen LogP contribution in [-0.2, 0) is 0 Å². The van der Waals surface area contributed by atoms with E-state index in [-0.39, 0.29) is 18.6 Å². The normalized spacial score (nSPS) is 23.0. The van der Waals surface area contributed by atoms with E-state index in [2.05, 4.69) is 52.2 Å². The molecule has 2 aliphatic heterocycles. The number of amides is 1. The second kappa shape index (κ2) is 9.29. The molecule has 1 aromatic heterocycles. The quantitative estimate of drug-likeness (QED) is 0.786. The third-order valence-corrected chi connectivity index (χ3v) is 6.46. The zero-order valence-electron chi connectivity index (χ0n) is 18.0. The lowest BCUT2D eigenvalue weighted by molar-refractivity contribution is 0.0615. The van der Waals surface area contributed by atoms with Crippen LogP contribution in [0.15, 0.2) is 30.6 Å². The summed E-state index contributed by atoms with van der Waals surface area (Å²) < 4.78 is 2.10. The first-order valence-corrected chi connectivity index (χ1v) is 11.0. The molecule has 0 aliphatic carbocycles. The van der Waals surface area contributed by atoms with Crippen LogP contribution in [0.25, 0.3) is 0 Å². The summed E-state index contributed by atoms with van der Waals surface area (Å²) >= 11 is 0. The van der Waals surface area contributed by atoms with Crippen LogP contribution in [-0.4, -0.2) is 76.5 Å². The van der Waals surface area contributed by atoms with Crippen molar-refractivity contribution in [2.45, 2.75) is 38.8 Å². The largest absolute Gasteiger partial charge is 0.395 e. The van der Waals surface area contributed by atoms with Crippen molar-refractivity contribution in [2.75, 3.05) is 45.9 Å². The zero-order chi connectivity index (χ0) is 21.1. The van der Waals surface area contributed by atoms with Crippen LogP contribution in [0.5, 0.6) is 0 Å². The maximum absolute atomic E-state index is 13.1. The van der Waals surface area contributed by atoms with E-state index in [1.54, 1.807) is 0 Å². The lowest BCUT2D eigenvalue weighted by Crippen LogP contribution is -2.49. The number of carbonyl (C=O) groups is 1. The first-order chi connectivity index (χ1) is 14.5. The van der Waals surface area contributed by atoms with E-state index in [1.807, 2.05) is 17.2 Å². The Labute approximate surface area is 178 Å². The van der Waals surface area contributed by atoms with Crippen molar-refractivity contribution in [3.05, 3.63) is 52.8 Å². The van der Waals surface area contributed by atoms with Crippen LogP contribution in [0.2, 0.25) is 0 Å². The molecular formula is C23H33N5O2. The van der Waals surface area contributed by atoms with Gasteiger partial charge in [-0.25, -0.2) is 0 Å². The van der Waals surface area contributed by atoms with Crippen LogP contribution in [0.3, 0.4) is 0 Å². The molecule has 2 unspecified atom stereocenters. The third kappa shape index (κ3) is 4.58. The second-order valence-electron chi connectivity index (χ2n) is 8.61. The van der Waals surface area contributed by atoms with Gasteiger partial charge in [-0.05, 0) is 62.1 Å². The molecule has 0 bridgehead atoms. The number of nitrogens with one attached hydrogen (secondary N) is 1. The average molecular weight is 412 g/mol. The standard InChI is InChI=1S/C23H33N5O2/c1-17-15-25-28(16-17)20-5-6-24-22(14-20)21-13-19(4-3-18(21)2)23(30)27-9-7-26(8-10-27)11-12-29/h3-4,13,15-16,20,22,24,29H,5-12,14H2,1-2H3. The van der Waals surface area contributed by atoms with Gasteiger partial charge in [-0.15, -0.1) is 0 Å². The van der Waals surface area contributed by atoms with Gasteiger partial charge in [-0.2, -0.15) is 5.10 Å². The lowest BCUT2D eigenvalue weighted by Gasteiger charge is -2.35. The smallest absolute Gasteiger partial charge is 0.253 e. The fraction of sp³-hybridized carbons (Fsp3) is 0.565. The Morgan fingerprint density at radius 3 is 2.73 bits per heavy atom. The van der Waals surface area contributed by atoms with Crippen molar-refractivity contribution in [3.63, 3.8) is 0 Å². The number of aliphatic hydroxyl groups excluding tert-OH is 1. The molecule has 2 aromatic rings. The van der Waals surface area contributed by atoms with Gasteiger partial charge in [0.1, 0.15) is 0 Å². The van der Waals surface area contributed by atoms with Crippen molar-refractivity contribution >= 4 is 5.91 Å². The lowest BCUT2D eigenvalue weighted by atomic mass is 9.90. The number of benzene rings is 1. The van der Waals surface area contributed by atoms with Crippen LogP contribution in [0.4, 0.5) is 0 Å². The zero-order valence-corrected chi connectivity index (χ0v) is 18.0. The number of hydrogen-bond acceptors (Lipinski definition) is 5. The van der Waals surface area contributed by atoms with Gasteiger partial charge in [0.05, 0.1) is 18.8 Å². The van der Waals surface area contributed by atoms with Crippen molar-refractivity contribution in [1.29, 1.82) is 0 Å². The Morgan fingerprint density at radius 2 is 2.03 bits per heavy atom. The Morgan fingerprint density at radius 1 is 1.23 bits per heavy atom. The van der Waals surface area contributed by atoms with Gasteiger partial charge in [-0.3, -0.25) is 14.4 Å². The van der Waals surface area contributed by atoms with Gasteiger partial charge in [0, 0.05) is 50.5 Å². The number of aromatic nitrogens is 2.